The Hall–Kier alpha value is -4.84. The SMILES string of the molecule is C=Cc1cccc(C(=O)O[C@H]2[C@@H]3[C@]4(OC(C)=O)CO[C@@H]4C[C@H](O[Si](CC)(CC)CC)[C@@]3(C)C(=O)[C@H](OC(C)=O)C3=C(C)[C@@H](OC(=O)[C@H](O[Si](C)(C)C(C)(C)C)[C@@H](NC(=O)c4ccccc4)c4cccc(I)c4)C[C@]2(O)C3(C)C)c1. The van der Waals surface area contributed by atoms with Crippen LogP contribution in [0.5, 0.6) is 0 Å². The van der Waals surface area contributed by atoms with E-state index in [1.54, 1.807) is 94.4 Å². The van der Waals surface area contributed by atoms with E-state index in [4.69, 9.17) is 32.5 Å². The molecule has 18 heteroatoms. The summed E-state index contributed by atoms with van der Waals surface area (Å²) in [7, 11) is -5.64. The lowest BCUT2D eigenvalue weighted by Crippen LogP contribution is -2.82. The molecule has 15 nitrogen and oxygen atoms in total. The second kappa shape index (κ2) is 23.2. The summed E-state index contributed by atoms with van der Waals surface area (Å²) in [6.45, 7) is 29.0. The van der Waals surface area contributed by atoms with Crippen molar-refractivity contribution in [1.29, 1.82) is 0 Å². The van der Waals surface area contributed by atoms with Crippen LogP contribution < -0.4 is 5.32 Å². The van der Waals surface area contributed by atoms with Crippen molar-refractivity contribution >= 4 is 80.9 Å². The number of amides is 1. The molecule has 3 aromatic carbocycles. The molecule has 2 saturated carbocycles. The monoisotopic (exact) mass is 1230 g/mol. The fraction of sp³-hybridized carbons (Fsp3) is 0.541. The zero-order chi connectivity index (χ0) is 58.4. The molecule has 2 bridgehead atoms. The number of fused-ring (bicyclic) bond motifs is 5. The summed E-state index contributed by atoms with van der Waals surface area (Å²) in [4.78, 5) is 89.3. The second-order valence-corrected chi connectivity index (χ2v) is 34.9. The number of aliphatic hydroxyl groups is 1. The van der Waals surface area contributed by atoms with E-state index < -0.39 is 134 Å². The highest BCUT2D eigenvalue weighted by molar-refractivity contribution is 14.1. The number of hydrogen-bond acceptors (Lipinski definition) is 14. The van der Waals surface area contributed by atoms with Crippen LogP contribution in [-0.2, 0) is 51.7 Å². The van der Waals surface area contributed by atoms with Crippen LogP contribution in [0.3, 0.4) is 0 Å². The van der Waals surface area contributed by atoms with E-state index in [0.717, 1.165) is 3.57 Å². The van der Waals surface area contributed by atoms with E-state index in [0.29, 0.717) is 40.4 Å². The van der Waals surface area contributed by atoms with Gasteiger partial charge >= 0.3 is 23.9 Å². The molecule has 3 aromatic rings. The molecule has 0 unspecified atom stereocenters. The summed E-state index contributed by atoms with van der Waals surface area (Å²) in [5, 5.41) is 17.2. The number of benzene rings is 3. The molecule has 1 amide bonds. The first-order valence-electron chi connectivity index (χ1n) is 27.5. The standard InChI is InChI=1S/C61H80INO14Si2/c1-16-39-25-23-29-42(31-39)55(68)74-53-51-59(13,45(76-79(17-2,18-3)19-4)33-46-60(51,35-71-46)75-38(7)65)52(66)49(72-37(6)64)47-36(5)44(34-61(53,70)58(47,11)12)73-56(69)50(77-78(14,15)57(8,9)10)48(41-28-24-30-43(62)32-41)63-54(67)40-26-21-20-22-27-40/h16,20-32,44-46,48-51,53,70H,1,17-19,33-35H2,2-15H3,(H,63,67)/t44-,45-,46+,48-,49+,50+,51-,53-,59+,60-,61+/m0/s1. The maximum absolute atomic E-state index is 16.7. The fourth-order valence-corrected chi connectivity index (χ4v) is 17.2. The van der Waals surface area contributed by atoms with Crippen molar-refractivity contribution in [2.75, 3.05) is 6.61 Å². The Morgan fingerprint density at radius 1 is 0.886 bits per heavy atom. The number of halogens is 1. The molecule has 3 aliphatic carbocycles. The number of hydrogen-bond donors (Lipinski definition) is 2. The van der Waals surface area contributed by atoms with Crippen LogP contribution >= 0.6 is 22.6 Å². The number of ether oxygens (including phenoxy) is 5. The van der Waals surface area contributed by atoms with Crippen molar-refractivity contribution in [3.05, 3.63) is 122 Å². The average Bonchev–Trinajstić information content (AvgIpc) is 1.49. The highest BCUT2D eigenvalue weighted by Gasteiger charge is 2.79. The summed E-state index contributed by atoms with van der Waals surface area (Å²) in [6.07, 6.45) is -7.14. The molecule has 2 N–H and O–H groups in total. The number of nitrogens with one attached hydrogen (secondary N) is 1. The molecule has 1 saturated heterocycles. The minimum absolute atomic E-state index is 0.0771. The van der Waals surface area contributed by atoms with Gasteiger partial charge in [-0.05, 0) is 131 Å². The van der Waals surface area contributed by atoms with Crippen molar-refractivity contribution in [3.8, 4) is 0 Å². The predicted molar refractivity (Wildman–Crippen MR) is 313 cm³/mol. The molecule has 428 valence electrons. The van der Waals surface area contributed by atoms with Crippen molar-refractivity contribution < 1.29 is 66.4 Å². The van der Waals surface area contributed by atoms with Gasteiger partial charge in [0.05, 0.1) is 35.6 Å². The van der Waals surface area contributed by atoms with Gasteiger partial charge in [0.1, 0.15) is 23.9 Å². The number of carbonyl (C=O) groups excluding carboxylic acids is 6. The second-order valence-electron chi connectivity index (χ2n) is 24.2. The molecule has 4 aliphatic rings. The van der Waals surface area contributed by atoms with Gasteiger partial charge in [0.15, 0.2) is 40.2 Å². The number of ketones is 1. The smallest absolute Gasteiger partial charge is 0.338 e. The zero-order valence-electron chi connectivity index (χ0n) is 48.3. The Balaban J connectivity index is 1.51. The Morgan fingerprint density at radius 2 is 1.52 bits per heavy atom. The summed E-state index contributed by atoms with van der Waals surface area (Å²) in [6, 6.07) is 23.5. The summed E-state index contributed by atoms with van der Waals surface area (Å²) < 4.78 is 48.1. The number of rotatable bonds is 18. The highest BCUT2D eigenvalue weighted by Crippen LogP contribution is 2.65. The first-order chi connectivity index (χ1) is 36.9. The minimum atomic E-state index is -2.97. The number of carbonyl (C=O) groups is 6. The molecule has 1 heterocycles. The first-order valence-corrected chi connectivity index (χ1v) is 34.0. The van der Waals surface area contributed by atoms with Gasteiger partial charge in [-0.25, -0.2) is 9.59 Å². The first kappa shape index (κ1) is 61.8. The lowest BCUT2D eigenvalue weighted by atomic mass is 9.44. The predicted octanol–water partition coefficient (Wildman–Crippen LogP) is 11.0. The van der Waals surface area contributed by atoms with Gasteiger partial charge in [-0.3, -0.25) is 19.2 Å². The molecule has 0 aromatic heterocycles. The van der Waals surface area contributed by atoms with Crippen LogP contribution in [0, 0.1) is 20.3 Å². The van der Waals surface area contributed by atoms with Crippen LogP contribution in [0.15, 0.2) is 96.6 Å². The van der Waals surface area contributed by atoms with E-state index in [9.17, 15) is 19.5 Å². The molecule has 0 spiro atoms. The van der Waals surface area contributed by atoms with E-state index >= 15 is 14.4 Å². The molecule has 11 atom stereocenters. The van der Waals surface area contributed by atoms with E-state index in [-0.39, 0.29) is 24.2 Å². The van der Waals surface area contributed by atoms with Crippen LogP contribution in [-0.4, -0.2) is 112 Å². The van der Waals surface area contributed by atoms with Gasteiger partial charge < -0.3 is 43.0 Å². The van der Waals surface area contributed by atoms with Crippen LogP contribution in [0.25, 0.3) is 6.08 Å². The van der Waals surface area contributed by atoms with Gasteiger partial charge in [-0.1, -0.05) is 111 Å². The Morgan fingerprint density at radius 3 is 2.08 bits per heavy atom. The Labute approximate surface area is 481 Å². The van der Waals surface area contributed by atoms with Crippen LogP contribution in [0.1, 0.15) is 134 Å². The normalized spacial score (nSPS) is 28.2. The van der Waals surface area contributed by atoms with Gasteiger partial charge in [0.2, 0.25) is 0 Å². The molecule has 0 radical (unpaired) electrons. The summed E-state index contributed by atoms with van der Waals surface area (Å²) in [5.41, 5.74) is -5.56. The lowest BCUT2D eigenvalue weighted by Gasteiger charge is -2.68. The maximum atomic E-state index is 16.7. The molecule has 3 fully saturated rings. The van der Waals surface area contributed by atoms with Crippen LogP contribution in [0.4, 0.5) is 0 Å². The lowest BCUT2D eigenvalue weighted by molar-refractivity contribution is -0.344. The van der Waals surface area contributed by atoms with Crippen molar-refractivity contribution in [2.24, 2.45) is 16.7 Å². The van der Waals surface area contributed by atoms with Crippen molar-refractivity contribution in [3.63, 3.8) is 0 Å². The van der Waals surface area contributed by atoms with Crippen molar-refractivity contribution in [2.45, 2.75) is 186 Å². The fourth-order valence-electron chi connectivity index (χ4n) is 12.5. The van der Waals surface area contributed by atoms with Gasteiger partial charge in [-0.15, -0.1) is 0 Å². The van der Waals surface area contributed by atoms with E-state index in [2.05, 4.69) is 55.3 Å². The molecule has 7 rings (SSSR count). The largest absolute Gasteiger partial charge is 0.456 e. The van der Waals surface area contributed by atoms with Gasteiger partial charge in [-0.2, -0.15) is 0 Å². The Bertz CT molecular complexity index is 2870. The summed E-state index contributed by atoms with van der Waals surface area (Å²) >= 11 is 2.17. The third-order valence-corrected chi connectivity index (χ3v) is 28.2. The Kier molecular flexibility index (Phi) is 18.1. The third-order valence-electron chi connectivity index (χ3n) is 18.4. The number of Topliss-reactive ketones (excluding diaryl/α,β-unsaturated/α-hetero) is 1. The third kappa shape index (κ3) is 11.4. The molecule has 1 aliphatic heterocycles. The van der Waals surface area contributed by atoms with E-state index in [1.807, 2.05) is 52.1 Å². The zero-order valence-corrected chi connectivity index (χ0v) is 52.4. The highest BCUT2D eigenvalue weighted by atomic mass is 127. The maximum Gasteiger partial charge on any atom is 0.338 e. The molecular formula is C61H80INO14Si2. The van der Waals surface area contributed by atoms with E-state index in [1.165, 1.54) is 13.8 Å². The molecular weight excluding hydrogens is 1150 g/mol. The quantitative estimate of drug-likeness (QED) is 0.0401. The van der Waals surface area contributed by atoms with Crippen molar-refractivity contribution in [1.82, 2.24) is 5.32 Å². The minimum Gasteiger partial charge on any atom is -0.456 e. The van der Waals surface area contributed by atoms with Gasteiger partial charge in [0, 0.05) is 41.2 Å². The van der Waals surface area contributed by atoms with Gasteiger partial charge in [0.25, 0.3) is 5.91 Å². The average molecular weight is 1230 g/mol. The molecule has 79 heavy (non-hydrogen) atoms. The van der Waals surface area contributed by atoms with Crippen LogP contribution in [0.2, 0.25) is 36.3 Å². The number of esters is 4. The topological polar surface area (TPSA) is 199 Å². The summed E-state index contributed by atoms with van der Waals surface area (Å²) in [5.74, 6) is -5.87.